The van der Waals surface area contributed by atoms with Crippen LogP contribution < -0.4 is 10.9 Å². The van der Waals surface area contributed by atoms with E-state index in [-0.39, 0.29) is 24.1 Å². The van der Waals surface area contributed by atoms with Crippen molar-refractivity contribution in [3.63, 3.8) is 0 Å². The van der Waals surface area contributed by atoms with Gasteiger partial charge >= 0.3 is 0 Å². The molecule has 5 nitrogen and oxygen atoms in total. The Morgan fingerprint density at radius 3 is 2.76 bits per heavy atom. The lowest BCUT2D eigenvalue weighted by Gasteiger charge is -2.17. The lowest BCUT2D eigenvalue weighted by atomic mass is 10.1. The molecule has 0 radical (unpaired) electrons. The maximum absolute atomic E-state index is 11.7. The van der Waals surface area contributed by atoms with Crippen molar-refractivity contribution in [3.05, 3.63) is 27.4 Å². The highest BCUT2D eigenvalue weighted by atomic mass is 79.9. The van der Waals surface area contributed by atoms with E-state index in [0.717, 1.165) is 0 Å². The van der Waals surface area contributed by atoms with Gasteiger partial charge in [-0.1, -0.05) is 13.8 Å². The lowest BCUT2D eigenvalue weighted by Crippen LogP contribution is -2.39. The number of hydrogen-bond donors (Lipinski definition) is 1. The van der Waals surface area contributed by atoms with E-state index in [1.807, 2.05) is 20.8 Å². The molecule has 1 N–H and O–H groups in total. The lowest BCUT2D eigenvalue weighted by molar-refractivity contribution is -0.122. The van der Waals surface area contributed by atoms with Crippen molar-refractivity contribution in [2.45, 2.75) is 33.4 Å². The molecule has 0 fully saturated rings. The Hall–Kier alpha value is -1.17. The number of halogens is 1. The van der Waals surface area contributed by atoms with Gasteiger partial charge in [-0.2, -0.15) is 0 Å². The molecule has 0 aromatic carbocycles. The summed E-state index contributed by atoms with van der Waals surface area (Å²) in [4.78, 5) is 27.1. The van der Waals surface area contributed by atoms with Crippen molar-refractivity contribution >= 4 is 21.8 Å². The summed E-state index contributed by atoms with van der Waals surface area (Å²) in [5.74, 6) is 0.171. The van der Waals surface area contributed by atoms with E-state index in [1.54, 1.807) is 0 Å². The minimum atomic E-state index is -0.257. The van der Waals surface area contributed by atoms with Crippen LogP contribution in [0.3, 0.4) is 0 Å². The van der Waals surface area contributed by atoms with Crippen LogP contribution in [0.5, 0.6) is 0 Å². The molecule has 0 aliphatic heterocycles. The van der Waals surface area contributed by atoms with Crippen LogP contribution in [0, 0.1) is 5.92 Å². The van der Waals surface area contributed by atoms with Gasteiger partial charge in [0.15, 0.2) is 0 Å². The second kappa shape index (κ2) is 5.95. The molecule has 1 aromatic heterocycles. The Balaban J connectivity index is 2.69. The summed E-state index contributed by atoms with van der Waals surface area (Å²) in [6.07, 6.45) is 2.76. The fourth-order valence-electron chi connectivity index (χ4n) is 1.16. The summed E-state index contributed by atoms with van der Waals surface area (Å²) < 4.78 is 1.62. The molecule has 1 atom stereocenters. The third kappa shape index (κ3) is 3.96. The van der Waals surface area contributed by atoms with Gasteiger partial charge in [-0.3, -0.25) is 14.2 Å². The normalized spacial score (nSPS) is 12.5. The summed E-state index contributed by atoms with van der Waals surface area (Å²) >= 11 is 3.08. The highest BCUT2D eigenvalue weighted by molar-refractivity contribution is 9.10. The molecule has 0 saturated carbocycles. The second-order valence-corrected chi connectivity index (χ2v) is 5.13. The Labute approximate surface area is 108 Å². The predicted molar refractivity (Wildman–Crippen MR) is 68.6 cm³/mol. The highest BCUT2D eigenvalue weighted by Gasteiger charge is 2.12. The number of nitrogens with one attached hydrogen (secondary N) is 1. The first-order valence-corrected chi connectivity index (χ1v) is 6.20. The van der Waals surface area contributed by atoms with Gasteiger partial charge in [-0.05, 0) is 28.8 Å². The number of nitrogens with zero attached hydrogens (tertiary/aromatic N) is 2. The van der Waals surface area contributed by atoms with Crippen molar-refractivity contribution in [1.82, 2.24) is 14.9 Å². The number of rotatable bonds is 4. The van der Waals surface area contributed by atoms with E-state index >= 15 is 0 Å². The van der Waals surface area contributed by atoms with Crippen molar-refractivity contribution in [3.8, 4) is 0 Å². The van der Waals surface area contributed by atoms with Gasteiger partial charge in [0.25, 0.3) is 5.56 Å². The molecule has 0 spiro atoms. The van der Waals surface area contributed by atoms with Crippen LogP contribution in [0.25, 0.3) is 0 Å². The number of hydrogen-bond acceptors (Lipinski definition) is 3. The summed E-state index contributed by atoms with van der Waals surface area (Å²) in [7, 11) is 0. The molecule has 0 aliphatic rings. The SMILES string of the molecule is CC(C)C(C)NC(=O)Cn1cncc(Br)c1=O. The van der Waals surface area contributed by atoms with Crippen molar-refractivity contribution in [2.24, 2.45) is 5.92 Å². The van der Waals surface area contributed by atoms with Gasteiger partial charge in [0, 0.05) is 12.2 Å². The highest BCUT2D eigenvalue weighted by Crippen LogP contribution is 2.00. The fraction of sp³-hybridized carbons (Fsp3) is 0.545. The molecule has 1 aromatic rings. The van der Waals surface area contributed by atoms with Crippen LogP contribution in [-0.4, -0.2) is 21.5 Å². The van der Waals surface area contributed by atoms with Gasteiger partial charge in [0.05, 0.1) is 6.33 Å². The van der Waals surface area contributed by atoms with E-state index in [2.05, 4.69) is 26.2 Å². The van der Waals surface area contributed by atoms with Crippen LogP contribution in [-0.2, 0) is 11.3 Å². The largest absolute Gasteiger partial charge is 0.352 e. The van der Waals surface area contributed by atoms with Gasteiger partial charge in [-0.15, -0.1) is 0 Å². The number of carbonyl (C=O) groups excluding carboxylic acids is 1. The van der Waals surface area contributed by atoms with E-state index < -0.39 is 0 Å². The summed E-state index contributed by atoms with van der Waals surface area (Å²) in [5.41, 5.74) is -0.257. The molecule has 1 rings (SSSR count). The van der Waals surface area contributed by atoms with Crippen LogP contribution in [0.2, 0.25) is 0 Å². The molecule has 0 bridgehead atoms. The first-order chi connectivity index (χ1) is 7.91. The zero-order valence-electron chi connectivity index (χ0n) is 10.1. The van der Waals surface area contributed by atoms with Gasteiger partial charge in [0.2, 0.25) is 5.91 Å². The molecule has 94 valence electrons. The van der Waals surface area contributed by atoms with Gasteiger partial charge in [0.1, 0.15) is 11.0 Å². The standard InChI is InChI=1S/C11H16BrN3O2/c1-7(2)8(3)14-10(16)5-15-6-13-4-9(12)11(15)17/h4,6-8H,5H2,1-3H3,(H,14,16). The van der Waals surface area contributed by atoms with E-state index in [9.17, 15) is 9.59 Å². The number of aromatic nitrogens is 2. The first kappa shape index (κ1) is 13.9. The van der Waals surface area contributed by atoms with Gasteiger partial charge < -0.3 is 5.32 Å². The Bertz CT molecular complexity index is 456. The quantitative estimate of drug-likeness (QED) is 0.908. The number of amides is 1. The molecule has 1 heterocycles. The molecule has 6 heteroatoms. The fourth-order valence-corrected chi connectivity index (χ4v) is 1.50. The average molecular weight is 302 g/mol. The van der Waals surface area contributed by atoms with Crippen LogP contribution in [0.1, 0.15) is 20.8 Å². The van der Waals surface area contributed by atoms with Crippen molar-refractivity contribution in [2.75, 3.05) is 0 Å². The maximum atomic E-state index is 11.7. The smallest absolute Gasteiger partial charge is 0.268 e. The molecular formula is C11H16BrN3O2. The predicted octanol–water partition coefficient (Wildman–Crippen LogP) is 1.17. The zero-order valence-corrected chi connectivity index (χ0v) is 11.7. The summed E-state index contributed by atoms with van der Waals surface area (Å²) in [5, 5.41) is 2.83. The van der Waals surface area contributed by atoms with Gasteiger partial charge in [-0.25, -0.2) is 4.98 Å². The molecular weight excluding hydrogens is 286 g/mol. The molecule has 17 heavy (non-hydrogen) atoms. The average Bonchev–Trinajstić information content (AvgIpc) is 2.24. The van der Waals surface area contributed by atoms with Crippen LogP contribution >= 0.6 is 15.9 Å². The monoisotopic (exact) mass is 301 g/mol. The minimum absolute atomic E-state index is 0.0116. The molecule has 0 saturated heterocycles. The van der Waals surface area contributed by atoms with Crippen LogP contribution in [0.4, 0.5) is 0 Å². The topological polar surface area (TPSA) is 64.0 Å². The van der Waals surface area contributed by atoms with E-state index in [1.165, 1.54) is 17.1 Å². The number of carbonyl (C=O) groups is 1. The molecule has 0 aliphatic carbocycles. The maximum Gasteiger partial charge on any atom is 0.268 e. The third-order valence-electron chi connectivity index (χ3n) is 2.56. The first-order valence-electron chi connectivity index (χ1n) is 5.41. The minimum Gasteiger partial charge on any atom is -0.352 e. The Kier molecular flexibility index (Phi) is 4.86. The zero-order chi connectivity index (χ0) is 13.0. The molecule has 1 amide bonds. The Morgan fingerprint density at radius 1 is 1.53 bits per heavy atom. The second-order valence-electron chi connectivity index (χ2n) is 4.27. The summed E-state index contributed by atoms with van der Waals surface area (Å²) in [6, 6.07) is 0.0818. The third-order valence-corrected chi connectivity index (χ3v) is 3.11. The van der Waals surface area contributed by atoms with Crippen molar-refractivity contribution in [1.29, 1.82) is 0 Å². The Morgan fingerprint density at radius 2 is 2.18 bits per heavy atom. The van der Waals surface area contributed by atoms with E-state index in [0.29, 0.717) is 10.4 Å². The van der Waals surface area contributed by atoms with Crippen molar-refractivity contribution < 1.29 is 4.79 Å². The van der Waals surface area contributed by atoms with Crippen LogP contribution in [0.15, 0.2) is 21.8 Å². The molecule has 1 unspecified atom stereocenters. The van der Waals surface area contributed by atoms with E-state index in [4.69, 9.17) is 0 Å². The summed E-state index contributed by atoms with van der Waals surface area (Å²) in [6.45, 7) is 5.97.